The third-order valence-corrected chi connectivity index (χ3v) is 3.01. The summed E-state index contributed by atoms with van der Waals surface area (Å²) in [6, 6.07) is 5.80. The lowest BCUT2D eigenvalue weighted by molar-refractivity contribution is 0.240. The Labute approximate surface area is 134 Å². The Morgan fingerprint density at radius 3 is 2.83 bits per heavy atom. The van der Waals surface area contributed by atoms with Gasteiger partial charge in [0.15, 0.2) is 5.82 Å². The number of rotatable bonds is 7. The van der Waals surface area contributed by atoms with Gasteiger partial charge in [0.1, 0.15) is 5.75 Å². The normalized spacial score (nSPS) is 10.2. The van der Waals surface area contributed by atoms with Gasteiger partial charge in [-0.2, -0.15) is 4.98 Å². The summed E-state index contributed by atoms with van der Waals surface area (Å²) in [5.74, 6) is 1.35. The number of anilines is 1. The quantitative estimate of drug-likeness (QED) is 0.533. The summed E-state index contributed by atoms with van der Waals surface area (Å²) in [6.45, 7) is 6.76. The maximum absolute atomic E-state index is 11.5. The first-order chi connectivity index (χ1) is 11.0. The van der Waals surface area contributed by atoms with Crippen LogP contribution in [0.4, 0.5) is 10.8 Å². The molecule has 0 spiro atoms. The van der Waals surface area contributed by atoms with E-state index in [4.69, 9.17) is 9.26 Å². The molecule has 2 rings (SSSR count). The lowest BCUT2D eigenvalue weighted by atomic mass is 10.1. The van der Waals surface area contributed by atoms with Gasteiger partial charge in [-0.1, -0.05) is 22.9 Å². The second-order valence-electron chi connectivity index (χ2n) is 5.12. The molecular formula is C15H21N5O3. The Balaban J connectivity index is 1.58. The van der Waals surface area contributed by atoms with Gasteiger partial charge in [-0.25, -0.2) is 15.6 Å². The molecule has 8 heteroatoms. The van der Waals surface area contributed by atoms with Gasteiger partial charge in [-0.3, -0.25) is 0 Å². The van der Waals surface area contributed by atoms with Crippen molar-refractivity contribution in [1.29, 1.82) is 0 Å². The number of carbonyl (C=O) groups is 1. The minimum absolute atomic E-state index is 0.135. The number of hydrogen-bond acceptors (Lipinski definition) is 6. The van der Waals surface area contributed by atoms with Crippen LogP contribution < -0.4 is 20.9 Å². The third-order valence-electron chi connectivity index (χ3n) is 3.01. The van der Waals surface area contributed by atoms with Crippen LogP contribution in [0.3, 0.4) is 0 Å². The summed E-state index contributed by atoms with van der Waals surface area (Å²) in [4.78, 5) is 15.4. The van der Waals surface area contributed by atoms with Crippen LogP contribution in [0, 0.1) is 20.8 Å². The lowest BCUT2D eigenvalue weighted by Gasteiger charge is -2.10. The predicted molar refractivity (Wildman–Crippen MR) is 85.2 cm³/mol. The molecule has 0 aliphatic rings. The zero-order valence-corrected chi connectivity index (χ0v) is 13.5. The van der Waals surface area contributed by atoms with Crippen molar-refractivity contribution in [1.82, 2.24) is 20.9 Å². The van der Waals surface area contributed by atoms with Crippen LogP contribution in [0.25, 0.3) is 0 Å². The number of hydrazine groups is 1. The zero-order chi connectivity index (χ0) is 16.7. The van der Waals surface area contributed by atoms with Gasteiger partial charge < -0.3 is 14.6 Å². The van der Waals surface area contributed by atoms with Crippen molar-refractivity contribution in [2.75, 3.05) is 18.6 Å². The van der Waals surface area contributed by atoms with Gasteiger partial charge in [0.05, 0.1) is 6.61 Å². The first-order valence-corrected chi connectivity index (χ1v) is 7.35. The fraction of sp³-hybridized carbons (Fsp3) is 0.400. The van der Waals surface area contributed by atoms with Crippen LogP contribution in [0.2, 0.25) is 0 Å². The molecule has 0 atom stereocenters. The van der Waals surface area contributed by atoms with Crippen molar-refractivity contribution in [3.05, 3.63) is 35.2 Å². The molecular weight excluding hydrogens is 298 g/mol. The van der Waals surface area contributed by atoms with Crippen LogP contribution in [-0.2, 0) is 0 Å². The van der Waals surface area contributed by atoms with Crippen LogP contribution in [0.5, 0.6) is 5.75 Å². The van der Waals surface area contributed by atoms with E-state index < -0.39 is 0 Å². The van der Waals surface area contributed by atoms with Crippen molar-refractivity contribution in [2.24, 2.45) is 0 Å². The molecule has 1 aromatic carbocycles. The minimum Gasteiger partial charge on any atom is -0.493 e. The number of nitrogens with zero attached hydrogens (tertiary/aromatic N) is 2. The number of amides is 2. The van der Waals surface area contributed by atoms with E-state index in [1.807, 2.05) is 26.0 Å². The predicted octanol–water partition coefficient (Wildman–Crippen LogP) is 2.09. The summed E-state index contributed by atoms with van der Waals surface area (Å²) >= 11 is 0. The summed E-state index contributed by atoms with van der Waals surface area (Å²) in [5, 5.41) is 6.27. The second-order valence-corrected chi connectivity index (χ2v) is 5.12. The number of benzene rings is 1. The van der Waals surface area contributed by atoms with Crippen molar-refractivity contribution < 1.29 is 14.1 Å². The zero-order valence-electron chi connectivity index (χ0n) is 13.5. The maximum atomic E-state index is 11.5. The van der Waals surface area contributed by atoms with Crippen molar-refractivity contribution >= 4 is 12.0 Å². The summed E-state index contributed by atoms with van der Waals surface area (Å²) in [6.07, 6.45) is 0.695. The van der Waals surface area contributed by atoms with Gasteiger partial charge in [0.2, 0.25) is 0 Å². The molecule has 124 valence electrons. The molecule has 0 saturated carbocycles. The first kappa shape index (κ1) is 16.6. The maximum Gasteiger partial charge on any atom is 0.340 e. The number of nitrogens with one attached hydrogen (secondary N) is 3. The van der Waals surface area contributed by atoms with E-state index in [9.17, 15) is 4.79 Å². The first-order valence-electron chi connectivity index (χ1n) is 7.35. The number of carbonyl (C=O) groups excluding carboxylic acids is 1. The third kappa shape index (κ3) is 5.50. The largest absolute Gasteiger partial charge is 0.493 e. The van der Waals surface area contributed by atoms with Crippen molar-refractivity contribution in [3.63, 3.8) is 0 Å². The molecule has 0 aliphatic heterocycles. The highest BCUT2D eigenvalue weighted by Crippen LogP contribution is 2.18. The van der Waals surface area contributed by atoms with Crippen molar-refractivity contribution in [3.8, 4) is 5.75 Å². The number of ether oxygens (including phenoxy) is 1. The summed E-state index contributed by atoms with van der Waals surface area (Å²) < 4.78 is 10.5. The van der Waals surface area contributed by atoms with E-state index >= 15 is 0 Å². The molecule has 3 N–H and O–H groups in total. The molecule has 1 aromatic heterocycles. The van der Waals surface area contributed by atoms with Crippen LogP contribution in [-0.4, -0.2) is 29.3 Å². The highest BCUT2D eigenvalue weighted by atomic mass is 16.5. The van der Waals surface area contributed by atoms with E-state index in [2.05, 4.69) is 32.4 Å². The van der Waals surface area contributed by atoms with E-state index in [0.29, 0.717) is 25.4 Å². The highest BCUT2D eigenvalue weighted by Gasteiger charge is 2.04. The smallest absolute Gasteiger partial charge is 0.340 e. The lowest BCUT2D eigenvalue weighted by Crippen LogP contribution is -2.39. The van der Waals surface area contributed by atoms with E-state index in [0.717, 1.165) is 11.3 Å². The molecule has 23 heavy (non-hydrogen) atoms. The van der Waals surface area contributed by atoms with Gasteiger partial charge in [-0.05, 0) is 38.8 Å². The average molecular weight is 319 g/mol. The summed E-state index contributed by atoms with van der Waals surface area (Å²) in [7, 11) is 0. The SMILES string of the molecule is Cc1ccc(OCCCNC(=O)NNc2nc(C)no2)c(C)c1. The molecule has 0 fully saturated rings. The Bertz CT molecular complexity index is 656. The van der Waals surface area contributed by atoms with E-state index in [-0.39, 0.29) is 12.0 Å². The van der Waals surface area contributed by atoms with Crippen molar-refractivity contribution in [2.45, 2.75) is 27.2 Å². The molecule has 2 aromatic rings. The monoisotopic (exact) mass is 319 g/mol. The van der Waals surface area contributed by atoms with Gasteiger partial charge in [0, 0.05) is 6.54 Å². The Morgan fingerprint density at radius 2 is 2.13 bits per heavy atom. The number of aromatic nitrogens is 2. The Kier molecular flexibility index (Phi) is 5.79. The standard InChI is InChI=1S/C15H21N5O3/c1-10-5-6-13(11(2)9-10)22-8-4-7-16-14(21)18-19-15-17-12(3)20-23-15/h5-6,9H,4,7-8H2,1-3H3,(H2,16,18,21)(H,17,19,20). The number of urea groups is 1. The molecule has 0 bridgehead atoms. The molecule has 0 radical (unpaired) electrons. The van der Waals surface area contributed by atoms with Gasteiger partial charge in [-0.15, -0.1) is 0 Å². The topological polar surface area (TPSA) is 101 Å². The fourth-order valence-corrected chi connectivity index (χ4v) is 1.92. The molecule has 0 unspecified atom stereocenters. The Morgan fingerprint density at radius 1 is 1.30 bits per heavy atom. The van der Waals surface area contributed by atoms with Crippen LogP contribution in [0.1, 0.15) is 23.4 Å². The number of hydrogen-bond donors (Lipinski definition) is 3. The van der Waals surface area contributed by atoms with E-state index in [1.165, 1.54) is 5.56 Å². The molecule has 1 heterocycles. The highest BCUT2D eigenvalue weighted by molar-refractivity contribution is 5.74. The van der Waals surface area contributed by atoms with Gasteiger partial charge >= 0.3 is 12.0 Å². The second kappa shape index (κ2) is 8.02. The molecule has 0 saturated heterocycles. The molecule has 2 amide bonds. The number of aryl methyl sites for hydroxylation is 3. The fourth-order valence-electron chi connectivity index (χ4n) is 1.92. The molecule has 8 nitrogen and oxygen atoms in total. The summed E-state index contributed by atoms with van der Waals surface area (Å²) in [5.41, 5.74) is 7.22. The average Bonchev–Trinajstić information content (AvgIpc) is 2.92. The van der Waals surface area contributed by atoms with E-state index in [1.54, 1.807) is 6.92 Å². The minimum atomic E-state index is -0.382. The van der Waals surface area contributed by atoms with Gasteiger partial charge in [0.25, 0.3) is 0 Å². The Hall–Kier alpha value is -2.77. The van der Waals surface area contributed by atoms with Crippen LogP contribution >= 0.6 is 0 Å². The molecule has 0 aliphatic carbocycles. The van der Waals surface area contributed by atoms with Crippen LogP contribution in [0.15, 0.2) is 22.7 Å².